The number of anilines is 1. The molecule has 0 fully saturated rings. The van der Waals surface area contributed by atoms with E-state index in [4.69, 9.17) is 0 Å². The number of fused-ring (bicyclic) bond motifs is 1. The average Bonchev–Trinajstić information content (AvgIpc) is 2.62. The first-order chi connectivity index (χ1) is 7.26. The number of nitrogens with zero attached hydrogens (tertiary/aromatic N) is 1. The van der Waals surface area contributed by atoms with Crippen LogP contribution in [0.5, 0.6) is 0 Å². The van der Waals surface area contributed by atoms with E-state index < -0.39 is 0 Å². The molecule has 0 spiro atoms. The van der Waals surface area contributed by atoms with Crippen molar-refractivity contribution in [3.63, 3.8) is 0 Å². The van der Waals surface area contributed by atoms with E-state index in [0.717, 1.165) is 25.1 Å². The predicted octanol–water partition coefficient (Wildman–Crippen LogP) is 2.66. The molecule has 1 aliphatic rings. The zero-order chi connectivity index (χ0) is 10.8. The summed E-state index contributed by atoms with van der Waals surface area (Å²) in [7, 11) is 0. The Balaban J connectivity index is 2.34. The fourth-order valence-corrected chi connectivity index (χ4v) is 2.23. The van der Waals surface area contributed by atoms with Gasteiger partial charge in [0.05, 0.1) is 0 Å². The summed E-state index contributed by atoms with van der Waals surface area (Å²) in [6.45, 7) is 6.34. The standard InChI is InChI=1S/C13H17NO/c1-3-14(4-2)11-6-7-12-10(9-11)5-8-13(12)15/h6-7,9H,3-5,8H2,1-2H3. The zero-order valence-electron chi connectivity index (χ0n) is 9.42. The molecular formula is C13H17NO. The topological polar surface area (TPSA) is 20.3 Å². The number of hydrogen-bond donors (Lipinski definition) is 0. The molecule has 0 aromatic heterocycles. The Labute approximate surface area is 90.9 Å². The van der Waals surface area contributed by atoms with E-state index in [9.17, 15) is 4.79 Å². The van der Waals surface area contributed by atoms with E-state index in [1.807, 2.05) is 6.07 Å². The van der Waals surface area contributed by atoms with Crippen molar-refractivity contribution in [3.8, 4) is 0 Å². The van der Waals surface area contributed by atoms with Crippen molar-refractivity contribution < 1.29 is 4.79 Å². The highest BCUT2D eigenvalue weighted by molar-refractivity contribution is 6.00. The average molecular weight is 203 g/mol. The molecule has 0 N–H and O–H groups in total. The normalized spacial score (nSPS) is 14.1. The third kappa shape index (κ3) is 1.76. The van der Waals surface area contributed by atoms with Crippen molar-refractivity contribution in [2.24, 2.45) is 0 Å². The van der Waals surface area contributed by atoms with Gasteiger partial charge in [-0.25, -0.2) is 0 Å². The molecule has 0 saturated heterocycles. The van der Waals surface area contributed by atoms with E-state index in [1.165, 1.54) is 11.3 Å². The van der Waals surface area contributed by atoms with Gasteiger partial charge in [0.15, 0.2) is 5.78 Å². The van der Waals surface area contributed by atoms with Gasteiger partial charge < -0.3 is 4.90 Å². The smallest absolute Gasteiger partial charge is 0.163 e. The monoisotopic (exact) mass is 203 g/mol. The summed E-state index contributed by atoms with van der Waals surface area (Å²) in [5, 5.41) is 0. The van der Waals surface area contributed by atoms with Gasteiger partial charge in [0.25, 0.3) is 0 Å². The van der Waals surface area contributed by atoms with Gasteiger partial charge in [-0.05, 0) is 44.0 Å². The van der Waals surface area contributed by atoms with Crippen LogP contribution in [0.1, 0.15) is 36.2 Å². The molecule has 2 heteroatoms. The Kier molecular flexibility index (Phi) is 2.76. The molecule has 0 aliphatic heterocycles. The zero-order valence-corrected chi connectivity index (χ0v) is 9.42. The lowest BCUT2D eigenvalue weighted by Gasteiger charge is -2.21. The molecule has 0 amide bonds. The van der Waals surface area contributed by atoms with Crippen LogP contribution in [0, 0.1) is 0 Å². The lowest BCUT2D eigenvalue weighted by Crippen LogP contribution is -2.21. The van der Waals surface area contributed by atoms with Crippen molar-refractivity contribution in [2.45, 2.75) is 26.7 Å². The van der Waals surface area contributed by atoms with Crippen LogP contribution >= 0.6 is 0 Å². The van der Waals surface area contributed by atoms with Crippen LogP contribution in [0.2, 0.25) is 0 Å². The lowest BCUT2D eigenvalue weighted by molar-refractivity contribution is 0.0994. The second kappa shape index (κ2) is 4.05. The van der Waals surface area contributed by atoms with E-state index in [1.54, 1.807) is 0 Å². The summed E-state index contributed by atoms with van der Waals surface area (Å²) in [4.78, 5) is 13.8. The quantitative estimate of drug-likeness (QED) is 0.752. The van der Waals surface area contributed by atoms with Crippen LogP contribution < -0.4 is 4.90 Å². The van der Waals surface area contributed by atoms with Crippen LogP contribution in [0.25, 0.3) is 0 Å². The Bertz CT molecular complexity index is 380. The maximum absolute atomic E-state index is 11.5. The lowest BCUT2D eigenvalue weighted by atomic mass is 10.1. The van der Waals surface area contributed by atoms with E-state index in [-0.39, 0.29) is 0 Å². The van der Waals surface area contributed by atoms with E-state index >= 15 is 0 Å². The second-order valence-electron chi connectivity index (χ2n) is 3.94. The summed E-state index contributed by atoms with van der Waals surface area (Å²) in [5.41, 5.74) is 3.41. The minimum atomic E-state index is 0.302. The molecule has 2 nitrogen and oxygen atoms in total. The molecule has 0 bridgehead atoms. The van der Waals surface area contributed by atoms with Crippen molar-refractivity contribution in [1.82, 2.24) is 0 Å². The summed E-state index contributed by atoms with van der Waals surface area (Å²) >= 11 is 0. The fourth-order valence-electron chi connectivity index (χ4n) is 2.23. The molecule has 1 aromatic carbocycles. The first kappa shape index (κ1) is 10.2. The molecule has 0 saturated carbocycles. The third-order valence-electron chi connectivity index (χ3n) is 3.14. The fraction of sp³-hybridized carbons (Fsp3) is 0.462. The number of aryl methyl sites for hydroxylation is 1. The SMILES string of the molecule is CCN(CC)c1ccc2c(c1)CCC2=O. The molecule has 2 rings (SSSR count). The number of carbonyl (C=O) groups is 1. The minimum Gasteiger partial charge on any atom is -0.372 e. The first-order valence-corrected chi connectivity index (χ1v) is 5.67. The van der Waals surface area contributed by atoms with Gasteiger partial charge in [0.1, 0.15) is 0 Å². The van der Waals surface area contributed by atoms with Gasteiger partial charge in [0, 0.05) is 30.8 Å². The van der Waals surface area contributed by atoms with Gasteiger partial charge in [-0.2, -0.15) is 0 Å². The molecule has 1 aliphatic carbocycles. The Morgan fingerprint density at radius 1 is 1.20 bits per heavy atom. The van der Waals surface area contributed by atoms with Crippen LogP contribution in [-0.2, 0) is 6.42 Å². The maximum Gasteiger partial charge on any atom is 0.163 e. The highest BCUT2D eigenvalue weighted by Gasteiger charge is 2.19. The van der Waals surface area contributed by atoms with Gasteiger partial charge >= 0.3 is 0 Å². The van der Waals surface area contributed by atoms with E-state index in [0.29, 0.717) is 12.2 Å². The molecule has 0 atom stereocenters. The number of hydrogen-bond acceptors (Lipinski definition) is 2. The molecule has 0 heterocycles. The molecule has 0 unspecified atom stereocenters. The highest BCUT2D eigenvalue weighted by Crippen LogP contribution is 2.26. The van der Waals surface area contributed by atoms with Crippen LogP contribution in [-0.4, -0.2) is 18.9 Å². The number of carbonyl (C=O) groups excluding carboxylic acids is 1. The number of benzene rings is 1. The van der Waals surface area contributed by atoms with Crippen molar-refractivity contribution in [1.29, 1.82) is 0 Å². The summed E-state index contributed by atoms with van der Waals surface area (Å²) < 4.78 is 0. The predicted molar refractivity (Wildman–Crippen MR) is 62.7 cm³/mol. The Morgan fingerprint density at radius 2 is 1.93 bits per heavy atom. The van der Waals surface area contributed by atoms with Gasteiger partial charge in [-0.1, -0.05) is 0 Å². The summed E-state index contributed by atoms with van der Waals surface area (Å²) in [5.74, 6) is 0.302. The number of ketones is 1. The van der Waals surface area contributed by atoms with Crippen LogP contribution in [0.3, 0.4) is 0 Å². The van der Waals surface area contributed by atoms with E-state index in [2.05, 4.69) is 30.9 Å². The molecule has 1 aromatic rings. The van der Waals surface area contributed by atoms with Gasteiger partial charge in [-0.15, -0.1) is 0 Å². The first-order valence-electron chi connectivity index (χ1n) is 5.67. The summed E-state index contributed by atoms with van der Waals surface area (Å²) in [6.07, 6.45) is 1.61. The Hall–Kier alpha value is -1.31. The summed E-state index contributed by atoms with van der Waals surface area (Å²) in [6, 6.07) is 6.22. The van der Waals surface area contributed by atoms with Gasteiger partial charge in [-0.3, -0.25) is 4.79 Å². The minimum absolute atomic E-state index is 0.302. The Morgan fingerprint density at radius 3 is 2.60 bits per heavy atom. The maximum atomic E-state index is 11.5. The van der Waals surface area contributed by atoms with Crippen molar-refractivity contribution in [3.05, 3.63) is 29.3 Å². The third-order valence-corrected chi connectivity index (χ3v) is 3.14. The van der Waals surface area contributed by atoms with Crippen molar-refractivity contribution in [2.75, 3.05) is 18.0 Å². The second-order valence-corrected chi connectivity index (χ2v) is 3.94. The molecule has 80 valence electrons. The van der Waals surface area contributed by atoms with Crippen molar-refractivity contribution >= 4 is 11.5 Å². The largest absolute Gasteiger partial charge is 0.372 e. The van der Waals surface area contributed by atoms with Gasteiger partial charge in [0.2, 0.25) is 0 Å². The molecule has 15 heavy (non-hydrogen) atoms. The number of Topliss-reactive ketones (excluding diaryl/α,β-unsaturated/α-hetero) is 1. The van der Waals surface area contributed by atoms with Crippen LogP contribution in [0.15, 0.2) is 18.2 Å². The molecular weight excluding hydrogens is 186 g/mol. The molecule has 0 radical (unpaired) electrons. The highest BCUT2D eigenvalue weighted by atomic mass is 16.1. The van der Waals surface area contributed by atoms with Crippen LogP contribution in [0.4, 0.5) is 5.69 Å². The number of rotatable bonds is 3.